The molecule has 2 aromatic rings. The number of benzene rings is 1. The molecule has 164 valence electrons. The molecule has 0 amide bonds. The molecule has 2 aliphatic rings. The van der Waals surface area contributed by atoms with Gasteiger partial charge in [0.15, 0.2) is 5.96 Å². The fraction of sp³-hybridized carbons (Fsp3) is 0.435. The van der Waals surface area contributed by atoms with Crippen LogP contribution in [0.4, 0.5) is 5.69 Å². The number of hydrogen-bond acceptors (Lipinski definition) is 5. The van der Waals surface area contributed by atoms with Crippen LogP contribution < -0.4 is 10.6 Å². The van der Waals surface area contributed by atoms with Crippen LogP contribution in [0, 0.1) is 10.8 Å². The molecule has 3 heterocycles. The van der Waals surface area contributed by atoms with Crippen molar-refractivity contribution >= 4 is 29.4 Å². The summed E-state index contributed by atoms with van der Waals surface area (Å²) in [7, 11) is 0. The maximum atomic E-state index is 12.2. The van der Waals surface area contributed by atoms with Crippen molar-refractivity contribution in [1.29, 1.82) is 5.41 Å². The van der Waals surface area contributed by atoms with E-state index in [-0.39, 0.29) is 5.96 Å². The number of guanidine groups is 1. The lowest BCUT2D eigenvalue weighted by Crippen LogP contribution is -2.44. The molecule has 0 bridgehead atoms. The van der Waals surface area contributed by atoms with Gasteiger partial charge in [-0.15, -0.1) is 11.8 Å². The number of piperidine rings is 1. The van der Waals surface area contributed by atoms with Crippen molar-refractivity contribution in [3.05, 3.63) is 53.9 Å². The van der Waals surface area contributed by atoms with Gasteiger partial charge in [0.05, 0.1) is 5.41 Å². The number of aromatic nitrogens is 1. The molecule has 7 nitrogen and oxygen atoms in total. The van der Waals surface area contributed by atoms with E-state index in [1.807, 2.05) is 17.0 Å². The van der Waals surface area contributed by atoms with E-state index < -0.39 is 11.4 Å². The van der Waals surface area contributed by atoms with E-state index in [0.29, 0.717) is 25.8 Å². The van der Waals surface area contributed by atoms with Crippen LogP contribution in [-0.4, -0.2) is 52.3 Å². The van der Waals surface area contributed by atoms with E-state index in [4.69, 9.17) is 11.1 Å². The zero-order valence-corrected chi connectivity index (χ0v) is 18.4. The van der Waals surface area contributed by atoms with E-state index in [1.165, 1.54) is 11.1 Å². The second-order valence-corrected chi connectivity index (χ2v) is 9.53. The molecule has 0 radical (unpaired) electrons. The molecule has 1 aromatic carbocycles. The third-order valence-electron chi connectivity index (χ3n) is 6.58. The Balaban J connectivity index is 1.35. The maximum absolute atomic E-state index is 12.2. The number of aliphatic carboxylic acids is 1. The summed E-state index contributed by atoms with van der Waals surface area (Å²) in [6, 6.07) is 10.4. The largest absolute Gasteiger partial charge is 0.481 e. The van der Waals surface area contributed by atoms with Crippen molar-refractivity contribution in [1.82, 2.24) is 9.88 Å². The first-order valence-electron chi connectivity index (χ1n) is 10.7. The third-order valence-corrected chi connectivity index (χ3v) is 7.58. The van der Waals surface area contributed by atoms with Gasteiger partial charge in [0.2, 0.25) is 0 Å². The van der Waals surface area contributed by atoms with Crippen molar-refractivity contribution in [2.24, 2.45) is 11.1 Å². The summed E-state index contributed by atoms with van der Waals surface area (Å²) in [4.78, 5) is 21.5. The lowest BCUT2D eigenvalue weighted by atomic mass is 9.76. The zero-order chi connectivity index (χ0) is 21.8. The highest BCUT2D eigenvalue weighted by atomic mass is 32.2. The topological polar surface area (TPSA) is 107 Å². The Kier molecular flexibility index (Phi) is 6.36. The molecule has 0 unspecified atom stereocenters. The molecule has 31 heavy (non-hydrogen) atoms. The van der Waals surface area contributed by atoms with Gasteiger partial charge in [-0.3, -0.25) is 15.2 Å². The highest BCUT2D eigenvalue weighted by Gasteiger charge is 2.41. The number of nitrogens with one attached hydrogen (secondary N) is 1. The van der Waals surface area contributed by atoms with Crippen molar-refractivity contribution in [2.75, 3.05) is 30.3 Å². The summed E-state index contributed by atoms with van der Waals surface area (Å²) in [5.74, 6) is 0.215. The quantitative estimate of drug-likeness (QED) is 0.360. The molecule has 0 aliphatic carbocycles. The number of carboxylic acid groups (broad SMARTS) is 1. The monoisotopic (exact) mass is 439 g/mol. The summed E-state index contributed by atoms with van der Waals surface area (Å²) in [6.45, 7) is 2.96. The first kappa shape index (κ1) is 21.5. The number of nitrogens with two attached hydrogens (primary N) is 1. The predicted molar refractivity (Wildman–Crippen MR) is 124 cm³/mol. The Morgan fingerprint density at radius 2 is 1.90 bits per heavy atom. The molecule has 2 aliphatic heterocycles. The molecule has 8 heteroatoms. The summed E-state index contributed by atoms with van der Waals surface area (Å²) in [6.07, 6.45) is 6.42. The fourth-order valence-corrected chi connectivity index (χ4v) is 5.63. The van der Waals surface area contributed by atoms with Gasteiger partial charge in [-0.1, -0.05) is 6.07 Å². The predicted octanol–water partition coefficient (Wildman–Crippen LogP) is 3.19. The second kappa shape index (κ2) is 9.18. The number of thioether (sulfide) groups is 1. The van der Waals surface area contributed by atoms with Gasteiger partial charge in [-0.05, 0) is 66.8 Å². The summed E-state index contributed by atoms with van der Waals surface area (Å²) in [5.41, 5.74) is 8.63. The number of rotatable bonds is 6. The Bertz CT molecular complexity index is 944. The molecule has 0 saturated carbocycles. The molecular weight excluding hydrogens is 410 g/mol. The van der Waals surface area contributed by atoms with Crippen LogP contribution >= 0.6 is 11.8 Å². The number of fused-ring (bicyclic) bond motifs is 1. The van der Waals surface area contributed by atoms with Crippen LogP contribution in [0.2, 0.25) is 0 Å². The molecule has 4 rings (SSSR count). The third kappa shape index (κ3) is 4.79. The van der Waals surface area contributed by atoms with Crippen LogP contribution in [0.3, 0.4) is 0 Å². The minimum Gasteiger partial charge on any atom is -0.481 e. The average Bonchev–Trinajstić information content (AvgIpc) is 2.79. The summed E-state index contributed by atoms with van der Waals surface area (Å²) < 4.78 is 0. The highest BCUT2D eigenvalue weighted by Crippen LogP contribution is 2.39. The number of carboxylic acids is 1. The van der Waals surface area contributed by atoms with Crippen molar-refractivity contribution in [2.45, 2.75) is 37.1 Å². The highest BCUT2D eigenvalue weighted by molar-refractivity contribution is 7.99. The average molecular weight is 440 g/mol. The second-order valence-electron chi connectivity index (χ2n) is 8.36. The number of hydrogen-bond donors (Lipinski definition) is 3. The van der Waals surface area contributed by atoms with Crippen LogP contribution in [0.1, 0.15) is 30.4 Å². The normalized spacial score (nSPS) is 17.8. The van der Waals surface area contributed by atoms with Crippen LogP contribution in [0.15, 0.2) is 47.6 Å². The molecule has 1 fully saturated rings. The van der Waals surface area contributed by atoms with Crippen LogP contribution in [0.25, 0.3) is 0 Å². The standard InChI is InChI=1S/C23H29N5O2S/c24-22(25)28-11-5-17-1-2-20(15-18(17)16-28)31-14-8-23(21(29)30)6-12-27(13-7-23)19-3-9-26-10-4-19/h1-4,9-10,15H,5-8,11-14,16H2,(H3,24,25)(H,29,30). The summed E-state index contributed by atoms with van der Waals surface area (Å²) >= 11 is 1.72. The van der Waals surface area contributed by atoms with E-state index in [1.54, 1.807) is 24.2 Å². The smallest absolute Gasteiger partial charge is 0.309 e. The van der Waals surface area contributed by atoms with Gasteiger partial charge in [0.1, 0.15) is 0 Å². The minimum atomic E-state index is -0.676. The van der Waals surface area contributed by atoms with Crippen molar-refractivity contribution in [3.8, 4) is 0 Å². The van der Waals surface area contributed by atoms with Crippen molar-refractivity contribution < 1.29 is 9.90 Å². The van der Waals surface area contributed by atoms with Gasteiger partial charge in [-0.2, -0.15) is 0 Å². The number of nitrogens with zero attached hydrogens (tertiary/aromatic N) is 3. The molecular formula is C23H29N5O2S. The lowest BCUT2D eigenvalue weighted by molar-refractivity contribution is -0.150. The molecule has 0 atom stereocenters. The SMILES string of the molecule is N=C(N)N1CCc2ccc(SCCC3(C(=O)O)CCN(c4ccncc4)CC3)cc2C1. The Hall–Kier alpha value is -2.74. The number of pyridine rings is 1. The first-order valence-corrected chi connectivity index (χ1v) is 11.7. The van der Waals surface area contributed by atoms with Gasteiger partial charge < -0.3 is 20.6 Å². The number of carbonyl (C=O) groups is 1. The van der Waals surface area contributed by atoms with E-state index in [2.05, 4.69) is 28.1 Å². The van der Waals surface area contributed by atoms with Gasteiger partial charge >= 0.3 is 5.97 Å². The van der Waals surface area contributed by atoms with Crippen LogP contribution in [-0.2, 0) is 17.8 Å². The van der Waals surface area contributed by atoms with Gasteiger partial charge in [0.25, 0.3) is 0 Å². The Morgan fingerprint density at radius 1 is 1.16 bits per heavy atom. The minimum absolute atomic E-state index is 0.116. The van der Waals surface area contributed by atoms with E-state index in [9.17, 15) is 9.90 Å². The molecule has 4 N–H and O–H groups in total. The summed E-state index contributed by atoms with van der Waals surface area (Å²) in [5, 5.41) is 17.7. The Labute approximate surface area is 187 Å². The number of anilines is 1. The van der Waals surface area contributed by atoms with Crippen molar-refractivity contribution in [3.63, 3.8) is 0 Å². The van der Waals surface area contributed by atoms with Gasteiger partial charge in [-0.25, -0.2) is 0 Å². The van der Waals surface area contributed by atoms with Gasteiger partial charge in [0, 0.05) is 49.2 Å². The molecule has 0 spiro atoms. The first-order chi connectivity index (χ1) is 15.0. The zero-order valence-electron chi connectivity index (χ0n) is 17.6. The molecule has 1 aromatic heterocycles. The lowest BCUT2D eigenvalue weighted by Gasteiger charge is -2.40. The fourth-order valence-electron chi connectivity index (χ4n) is 4.51. The van der Waals surface area contributed by atoms with E-state index in [0.717, 1.165) is 42.4 Å². The van der Waals surface area contributed by atoms with Crippen LogP contribution in [0.5, 0.6) is 0 Å². The maximum Gasteiger partial charge on any atom is 0.309 e. The van der Waals surface area contributed by atoms with E-state index >= 15 is 0 Å². The Morgan fingerprint density at radius 3 is 2.58 bits per heavy atom. The molecule has 1 saturated heterocycles.